The Morgan fingerprint density at radius 3 is 1.73 bits per heavy atom. The zero-order valence-electron chi connectivity index (χ0n) is 20.4. The fourth-order valence-corrected chi connectivity index (χ4v) is 9.22. The second-order valence-corrected chi connectivity index (χ2v) is 13.9. The van der Waals surface area contributed by atoms with Gasteiger partial charge >= 0.3 is 0 Å². The number of hydrogen-bond acceptors (Lipinski definition) is 3. The minimum absolute atomic E-state index is 0.133. The molecule has 0 aliphatic heterocycles. The maximum absolute atomic E-state index is 11.0. The Hall–Kier alpha value is -2.24. The van der Waals surface area contributed by atoms with Crippen LogP contribution >= 0.6 is 0 Å². The summed E-state index contributed by atoms with van der Waals surface area (Å²) in [6.07, 6.45) is 0.428. The predicted molar refractivity (Wildman–Crippen MR) is 140 cm³/mol. The Kier molecular flexibility index (Phi) is 9.04. The number of hydrogen-bond donors (Lipinski definition) is 1. The number of aliphatic hydroxyl groups is 1. The Morgan fingerprint density at radius 2 is 1.27 bits per heavy atom. The van der Waals surface area contributed by atoms with Gasteiger partial charge in [-0.3, -0.25) is 0 Å². The van der Waals surface area contributed by atoms with Gasteiger partial charge in [-0.25, -0.2) is 0 Å². The van der Waals surface area contributed by atoms with Crippen LogP contribution in [0, 0.1) is 0 Å². The van der Waals surface area contributed by atoms with Crippen LogP contribution < -0.4 is 10.4 Å². The van der Waals surface area contributed by atoms with Crippen LogP contribution in [0.25, 0.3) is 0 Å². The summed E-state index contributed by atoms with van der Waals surface area (Å²) in [7, 11) is -2.73. The summed E-state index contributed by atoms with van der Waals surface area (Å²) < 4.78 is 13.2. The smallest absolute Gasteiger partial charge is 0.261 e. The third-order valence-corrected chi connectivity index (χ3v) is 11.3. The summed E-state index contributed by atoms with van der Waals surface area (Å²) in [5.74, 6) is 0. The average molecular weight is 463 g/mol. The predicted octanol–water partition coefficient (Wildman–Crippen LogP) is 5.31. The van der Waals surface area contributed by atoms with Crippen molar-refractivity contribution in [2.75, 3.05) is 6.61 Å². The molecule has 3 rings (SSSR count). The van der Waals surface area contributed by atoms with Crippen LogP contribution in [0.5, 0.6) is 0 Å². The Bertz CT molecular complexity index is 899. The van der Waals surface area contributed by atoms with E-state index >= 15 is 0 Å². The molecule has 0 aliphatic rings. The molecule has 4 heteroatoms. The normalized spacial score (nSPS) is 14.1. The molecular formula is C29H38O3Si. The topological polar surface area (TPSA) is 38.7 Å². The average Bonchev–Trinajstić information content (AvgIpc) is 2.84. The van der Waals surface area contributed by atoms with E-state index in [0.29, 0.717) is 26.1 Å². The van der Waals surface area contributed by atoms with Crippen molar-refractivity contribution in [1.29, 1.82) is 0 Å². The van der Waals surface area contributed by atoms with Gasteiger partial charge in [-0.15, -0.1) is 0 Å². The van der Waals surface area contributed by atoms with E-state index in [1.807, 2.05) is 37.3 Å². The summed E-state index contributed by atoms with van der Waals surface area (Å²) in [6, 6.07) is 31.4. The highest BCUT2D eigenvalue weighted by Gasteiger charge is 2.51. The lowest BCUT2D eigenvalue weighted by molar-refractivity contribution is 0.000991. The molecule has 33 heavy (non-hydrogen) atoms. The molecule has 2 atom stereocenters. The molecule has 0 fully saturated rings. The van der Waals surface area contributed by atoms with E-state index in [9.17, 15) is 5.11 Å². The van der Waals surface area contributed by atoms with Crippen LogP contribution in [0.1, 0.15) is 46.1 Å². The minimum Gasteiger partial charge on any atom is -0.402 e. The third kappa shape index (κ3) is 6.21. The van der Waals surface area contributed by atoms with Crippen molar-refractivity contribution >= 4 is 18.7 Å². The molecule has 0 aliphatic carbocycles. The minimum atomic E-state index is -2.73. The molecular weight excluding hydrogens is 424 g/mol. The van der Waals surface area contributed by atoms with Crippen molar-refractivity contribution in [2.45, 2.75) is 64.4 Å². The molecule has 0 saturated heterocycles. The molecule has 0 spiro atoms. The van der Waals surface area contributed by atoms with Crippen LogP contribution in [-0.2, 0) is 15.8 Å². The molecule has 176 valence electrons. The van der Waals surface area contributed by atoms with E-state index in [0.717, 1.165) is 5.56 Å². The molecule has 0 aromatic heterocycles. The number of aliphatic hydroxyl groups excluding tert-OH is 1. The lowest BCUT2D eigenvalue weighted by Gasteiger charge is -2.46. The van der Waals surface area contributed by atoms with Gasteiger partial charge in [0.25, 0.3) is 8.32 Å². The Morgan fingerprint density at radius 1 is 0.788 bits per heavy atom. The van der Waals surface area contributed by atoms with E-state index in [1.54, 1.807) is 0 Å². The molecule has 3 nitrogen and oxygen atoms in total. The Balaban J connectivity index is 1.90. The SMILES string of the molecule is CC[C@@H](O)[C@H](CCOCc1ccccc1)O[Si](c1ccccc1)(c1ccccc1)C(C)(C)C. The zero-order valence-corrected chi connectivity index (χ0v) is 21.4. The second kappa shape index (κ2) is 11.8. The molecule has 0 amide bonds. The maximum atomic E-state index is 11.0. The number of ether oxygens (including phenoxy) is 1. The van der Waals surface area contributed by atoms with Gasteiger partial charge in [-0.1, -0.05) is 119 Å². The van der Waals surface area contributed by atoms with Gasteiger partial charge in [0.15, 0.2) is 0 Å². The van der Waals surface area contributed by atoms with Gasteiger partial charge in [0.2, 0.25) is 0 Å². The van der Waals surface area contributed by atoms with Crippen LogP contribution in [0.15, 0.2) is 91.0 Å². The molecule has 0 unspecified atom stereocenters. The van der Waals surface area contributed by atoms with E-state index in [4.69, 9.17) is 9.16 Å². The first-order chi connectivity index (χ1) is 15.9. The Labute approximate surface area is 200 Å². The van der Waals surface area contributed by atoms with Gasteiger partial charge in [0.05, 0.1) is 18.8 Å². The fourth-order valence-electron chi connectivity index (χ4n) is 4.47. The zero-order chi connectivity index (χ0) is 23.7. The molecule has 0 bridgehead atoms. The molecule has 0 saturated carbocycles. The highest BCUT2D eigenvalue weighted by atomic mass is 28.4. The fraction of sp³-hybridized carbons (Fsp3) is 0.379. The number of rotatable bonds is 11. The lowest BCUT2D eigenvalue weighted by atomic mass is 10.1. The van der Waals surface area contributed by atoms with Crippen LogP contribution in [0.4, 0.5) is 0 Å². The van der Waals surface area contributed by atoms with Gasteiger partial charge in [0.1, 0.15) is 0 Å². The van der Waals surface area contributed by atoms with Crippen LogP contribution in [0.2, 0.25) is 5.04 Å². The molecule has 1 N–H and O–H groups in total. The van der Waals surface area contributed by atoms with Crippen molar-refractivity contribution in [3.63, 3.8) is 0 Å². The summed E-state index contributed by atoms with van der Waals surface area (Å²) >= 11 is 0. The van der Waals surface area contributed by atoms with E-state index in [1.165, 1.54) is 10.4 Å². The van der Waals surface area contributed by atoms with E-state index < -0.39 is 14.4 Å². The second-order valence-electron chi connectivity index (χ2n) is 9.62. The van der Waals surface area contributed by atoms with Gasteiger partial charge in [-0.05, 0) is 33.8 Å². The van der Waals surface area contributed by atoms with Crippen molar-refractivity contribution in [3.05, 3.63) is 96.6 Å². The van der Waals surface area contributed by atoms with Gasteiger partial charge in [-0.2, -0.15) is 0 Å². The molecule has 0 radical (unpaired) electrons. The summed E-state index contributed by atoms with van der Waals surface area (Å²) in [4.78, 5) is 0. The highest BCUT2D eigenvalue weighted by Crippen LogP contribution is 2.38. The van der Waals surface area contributed by atoms with Crippen molar-refractivity contribution in [1.82, 2.24) is 0 Å². The van der Waals surface area contributed by atoms with Crippen molar-refractivity contribution < 1.29 is 14.3 Å². The maximum Gasteiger partial charge on any atom is 0.261 e. The lowest BCUT2D eigenvalue weighted by Crippen LogP contribution is -2.68. The standard InChI is InChI=1S/C29H38O3Si/c1-5-27(30)28(21-22-31-23-24-15-9-6-10-16-24)32-33(29(2,3)4,25-17-11-7-12-18-25)26-19-13-8-14-20-26/h6-20,27-28,30H,5,21-23H2,1-4H3/t27-,28+/m1/s1. The van der Waals surface area contributed by atoms with E-state index in [2.05, 4.69) is 81.4 Å². The third-order valence-electron chi connectivity index (χ3n) is 6.25. The largest absolute Gasteiger partial charge is 0.402 e. The monoisotopic (exact) mass is 462 g/mol. The van der Waals surface area contributed by atoms with Crippen molar-refractivity contribution in [2.24, 2.45) is 0 Å². The summed E-state index contributed by atoms with van der Waals surface area (Å²) in [5.41, 5.74) is 1.15. The molecule has 3 aromatic rings. The number of benzene rings is 3. The van der Waals surface area contributed by atoms with Gasteiger partial charge < -0.3 is 14.3 Å². The van der Waals surface area contributed by atoms with Gasteiger partial charge in [0, 0.05) is 6.61 Å². The first-order valence-corrected chi connectivity index (χ1v) is 13.9. The highest BCUT2D eigenvalue weighted by molar-refractivity contribution is 6.99. The molecule has 0 heterocycles. The first-order valence-electron chi connectivity index (χ1n) is 12.0. The summed E-state index contributed by atoms with van der Waals surface area (Å²) in [6.45, 7) is 9.91. The quantitative estimate of drug-likeness (QED) is 0.310. The van der Waals surface area contributed by atoms with Crippen molar-refractivity contribution in [3.8, 4) is 0 Å². The first kappa shape index (κ1) is 25.4. The van der Waals surface area contributed by atoms with E-state index in [-0.39, 0.29) is 11.1 Å². The van der Waals surface area contributed by atoms with Crippen LogP contribution in [-0.4, -0.2) is 32.2 Å². The summed E-state index contributed by atoms with van der Waals surface area (Å²) in [5, 5.41) is 13.3. The van der Waals surface area contributed by atoms with Crippen LogP contribution in [0.3, 0.4) is 0 Å². The molecule has 3 aromatic carbocycles.